The van der Waals surface area contributed by atoms with E-state index in [1.807, 2.05) is 0 Å². The Bertz CT molecular complexity index is 2460. The minimum atomic E-state index is -2.29. The molecule has 0 spiro atoms. The average molecular weight is 1200 g/mol. The van der Waals surface area contributed by atoms with E-state index >= 15 is 0 Å². The molecule has 0 aromatic heterocycles. The number of carbonyl (C=O) groups is 3. The van der Waals surface area contributed by atoms with Crippen molar-refractivity contribution in [1.82, 2.24) is 0 Å². The van der Waals surface area contributed by atoms with Gasteiger partial charge >= 0.3 is 17.9 Å². The third-order valence-corrected chi connectivity index (χ3v) is 22.0. The summed E-state index contributed by atoms with van der Waals surface area (Å²) in [5.41, 5.74) is -3.50. The van der Waals surface area contributed by atoms with Crippen LogP contribution in [0.1, 0.15) is 107 Å². The number of fused-ring (bicyclic) bond motifs is 7. The van der Waals surface area contributed by atoms with E-state index in [9.17, 15) is 80.8 Å². The summed E-state index contributed by atoms with van der Waals surface area (Å²) in [5.74, 6) is -4.01. The SMILES string of the molecule is C/C=C(/C)C(=O)O[C@H]1CC(C)(C)C[C@H]2C3=CC[C@@H]4[C@@]5(C)CC[C@H](O[C@@H]6O[C@H](C(=O)O)[C@@H](O)[C@H](O[C@@H]7OC[C@H](O)[C@H](O)[C@H]7O[C@@H]7OC[C@@H](O)[C@H](O)[C@H]7O)[C@H]6O[C@@H]6O[C@H](CO)[C@H](O)[C@H](O)[C@H]6O)[C@@](C)(C(=O)OC)[C@@H]5CC[C@@]4(C)[C@]3(C)C[C@@H](O)[C@@]12CO. The number of allylic oxidation sites excluding steroid dienone is 3. The summed E-state index contributed by atoms with van der Waals surface area (Å²) in [6.07, 6.45) is -30.7. The summed E-state index contributed by atoms with van der Waals surface area (Å²) >= 11 is 0. The van der Waals surface area contributed by atoms with Gasteiger partial charge in [0.25, 0.3) is 0 Å². The summed E-state index contributed by atoms with van der Waals surface area (Å²) in [5, 5.41) is 144. The molecule has 0 aromatic carbocycles. The highest BCUT2D eigenvalue weighted by molar-refractivity contribution is 5.87. The van der Waals surface area contributed by atoms with Gasteiger partial charge in [0, 0.05) is 5.57 Å². The lowest BCUT2D eigenvalue weighted by molar-refractivity contribution is -0.399. The van der Waals surface area contributed by atoms with Gasteiger partial charge in [0.05, 0.1) is 56.6 Å². The predicted molar refractivity (Wildman–Crippen MR) is 284 cm³/mol. The van der Waals surface area contributed by atoms with E-state index in [-0.39, 0.29) is 30.1 Å². The zero-order valence-corrected chi connectivity index (χ0v) is 49.1. The Labute approximate surface area is 487 Å². The van der Waals surface area contributed by atoms with Crippen LogP contribution in [0.3, 0.4) is 0 Å². The number of carboxylic acids is 1. The molecule has 478 valence electrons. The van der Waals surface area contributed by atoms with E-state index < -0.39 is 206 Å². The summed E-state index contributed by atoms with van der Waals surface area (Å²) < 4.78 is 60.3. The zero-order valence-electron chi connectivity index (χ0n) is 49.1. The zero-order chi connectivity index (χ0) is 61.7. The second kappa shape index (κ2) is 24.1. The van der Waals surface area contributed by atoms with E-state index in [1.54, 1.807) is 26.8 Å². The van der Waals surface area contributed by atoms with Crippen LogP contribution in [0.25, 0.3) is 0 Å². The van der Waals surface area contributed by atoms with Gasteiger partial charge in [-0.3, -0.25) is 4.79 Å². The van der Waals surface area contributed by atoms with Crippen LogP contribution in [0.2, 0.25) is 0 Å². The van der Waals surface area contributed by atoms with Gasteiger partial charge in [-0.2, -0.15) is 0 Å². The van der Waals surface area contributed by atoms with Crippen LogP contribution in [-0.2, 0) is 61.8 Å². The molecule has 13 N–H and O–H groups in total. The highest BCUT2D eigenvalue weighted by Gasteiger charge is 2.73. The first-order valence-corrected chi connectivity index (χ1v) is 29.4. The number of esters is 2. The van der Waals surface area contributed by atoms with Gasteiger partial charge in [-0.15, -0.1) is 0 Å². The molecule has 5 aliphatic carbocycles. The summed E-state index contributed by atoms with van der Waals surface area (Å²) in [6.45, 7) is 13.3. The molecule has 29 atom stereocenters. The Morgan fingerprint density at radius 2 is 1.30 bits per heavy atom. The van der Waals surface area contributed by atoms with Crippen LogP contribution >= 0.6 is 0 Å². The summed E-state index contributed by atoms with van der Waals surface area (Å²) in [7, 11) is 1.23. The van der Waals surface area contributed by atoms with E-state index in [0.717, 1.165) is 5.57 Å². The number of aliphatic carboxylic acids is 1. The van der Waals surface area contributed by atoms with Crippen molar-refractivity contribution in [2.24, 2.45) is 50.2 Å². The highest BCUT2D eigenvalue weighted by Crippen LogP contribution is 2.76. The number of hydrogen-bond donors (Lipinski definition) is 13. The second-order valence-electron chi connectivity index (χ2n) is 27.0. The van der Waals surface area contributed by atoms with Gasteiger partial charge < -0.3 is 114 Å². The Morgan fingerprint density at radius 3 is 1.93 bits per heavy atom. The van der Waals surface area contributed by atoms with Gasteiger partial charge in [-0.05, 0) is 112 Å². The lowest BCUT2D eigenvalue weighted by Gasteiger charge is -2.72. The largest absolute Gasteiger partial charge is 0.479 e. The highest BCUT2D eigenvalue weighted by atomic mass is 16.8. The number of ether oxygens (including phenoxy) is 10. The van der Waals surface area contributed by atoms with Crippen LogP contribution < -0.4 is 0 Å². The Hall–Kier alpha value is -2.91. The number of carboxylic acid groups (broad SMARTS) is 1. The molecule has 0 aromatic rings. The van der Waals surface area contributed by atoms with Crippen molar-refractivity contribution in [3.05, 3.63) is 23.3 Å². The van der Waals surface area contributed by atoms with Crippen molar-refractivity contribution < 1.29 is 128 Å². The van der Waals surface area contributed by atoms with Gasteiger partial charge in [-0.25, -0.2) is 9.59 Å². The minimum Gasteiger partial charge on any atom is -0.479 e. The number of methoxy groups -OCH3 is 1. The molecule has 84 heavy (non-hydrogen) atoms. The first-order valence-electron chi connectivity index (χ1n) is 29.4. The van der Waals surface area contributed by atoms with E-state index in [2.05, 4.69) is 40.7 Å². The molecule has 0 radical (unpaired) electrons. The van der Waals surface area contributed by atoms with Crippen molar-refractivity contribution in [2.75, 3.05) is 33.5 Å². The molecule has 4 heterocycles. The molecule has 0 bridgehead atoms. The molecule has 9 aliphatic rings. The predicted octanol–water partition coefficient (Wildman–Crippen LogP) is -1.58. The maximum atomic E-state index is 14.9. The second-order valence-corrected chi connectivity index (χ2v) is 27.0. The average Bonchev–Trinajstić information content (AvgIpc) is 0.694. The fourth-order valence-electron chi connectivity index (χ4n) is 16.9. The lowest BCUT2D eigenvalue weighted by Crippen LogP contribution is -2.70. The fourth-order valence-corrected chi connectivity index (χ4v) is 16.9. The van der Waals surface area contributed by atoms with Crippen LogP contribution in [0.15, 0.2) is 23.3 Å². The van der Waals surface area contributed by atoms with Gasteiger partial charge in [0.15, 0.2) is 31.3 Å². The summed E-state index contributed by atoms with van der Waals surface area (Å²) in [6, 6.07) is 0. The molecule has 9 rings (SSSR count). The first-order chi connectivity index (χ1) is 39.3. The standard InChI is InChI=1S/C58H90O26/c1-10-24(2)47(73)79-34-19-53(3,4)17-26-25-11-12-30-54(5)15-14-33(57(8,52(74)75-9)31(54)13-16-55(30,6)56(25,7)18-32(63)58(26,34)23-60)80-51-45(84-49-40(69)38(67)37(66)29(20-59)78-49)42(41(70)43(82-51)46(71)72)81-50-44(36(65)28(62)22-77-50)83-48-39(68)35(64)27(61)21-76-48/h10-11,26-45,48-51,59-70H,12-23H2,1-9H3,(H,71,72)/b24-10-/t26-,27+,28-,29+,30+,31+,32+,33-,34-,35-,36-,37-,38-,39+,40+,41-,42-,43-,44+,45+,48-,49-,50-,51+,54+,55+,56+,57-,58-/m0/s1. The third kappa shape index (κ3) is 10.6. The van der Waals surface area contributed by atoms with Crippen LogP contribution in [-0.4, -0.2) is 247 Å². The number of carbonyl (C=O) groups excluding carboxylic acids is 2. The Balaban J connectivity index is 1.07. The van der Waals surface area contributed by atoms with Gasteiger partial charge in [0.2, 0.25) is 0 Å². The van der Waals surface area contributed by atoms with Crippen LogP contribution in [0, 0.1) is 50.2 Å². The molecule has 4 aliphatic heterocycles. The third-order valence-electron chi connectivity index (χ3n) is 22.0. The summed E-state index contributed by atoms with van der Waals surface area (Å²) in [4.78, 5) is 41.6. The number of aliphatic hydroxyl groups is 12. The van der Waals surface area contributed by atoms with Crippen LogP contribution in [0.5, 0.6) is 0 Å². The fraction of sp³-hybridized carbons (Fsp3) is 0.879. The van der Waals surface area contributed by atoms with Gasteiger partial charge in [-0.1, -0.05) is 52.3 Å². The van der Waals surface area contributed by atoms with Crippen molar-refractivity contribution in [3.8, 4) is 0 Å². The first kappa shape index (κ1) is 65.5. The molecule has 0 unspecified atom stereocenters. The van der Waals surface area contributed by atoms with E-state index in [0.29, 0.717) is 44.1 Å². The maximum Gasteiger partial charge on any atom is 0.335 e. The molecular formula is C58H90O26. The molecule has 4 saturated carbocycles. The molecule has 4 saturated heterocycles. The Kier molecular flexibility index (Phi) is 18.8. The minimum absolute atomic E-state index is 0.0820. The van der Waals surface area contributed by atoms with Crippen molar-refractivity contribution in [2.45, 2.75) is 236 Å². The molecule has 26 nitrogen and oxygen atoms in total. The monoisotopic (exact) mass is 1200 g/mol. The van der Waals surface area contributed by atoms with E-state index in [4.69, 9.17) is 47.4 Å². The number of rotatable bonds is 14. The smallest absolute Gasteiger partial charge is 0.335 e. The quantitative estimate of drug-likeness (QED) is 0.0404. The van der Waals surface area contributed by atoms with E-state index in [1.165, 1.54) is 7.11 Å². The lowest BCUT2D eigenvalue weighted by atomic mass is 9.33. The van der Waals surface area contributed by atoms with Crippen LogP contribution in [0.4, 0.5) is 0 Å². The van der Waals surface area contributed by atoms with Gasteiger partial charge in [0.1, 0.15) is 85.5 Å². The molecule has 8 fully saturated rings. The van der Waals surface area contributed by atoms with Crippen molar-refractivity contribution >= 4 is 17.9 Å². The number of aliphatic hydroxyl groups excluding tert-OH is 12. The maximum absolute atomic E-state index is 14.9. The molecule has 26 heteroatoms. The van der Waals surface area contributed by atoms with Crippen molar-refractivity contribution in [3.63, 3.8) is 0 Å². The molecule has 0 amide bonds. The molecular weight excluding hydrogens is 1110 g/mol. The topological polar surface area (TPSA) is 407 Å². The normalized spacial score (nSPS) is 51.2. The Morgan fingerprint density at radius 1 is 0.667 bits per heavy atom. The number of hydrogen-bond acceptors (Lipinski definition) is 25. The van der Waals surface area contributed by atoms with Crippen molar-refractivity contribution in [1.29, 1.82) is 0 Å².